The maximum Gasteiger partial charge on any atom is 0.135 e. The highest BCUT2D eigenvalue weighted by Gasteiger charge is 2.27. The van der Waals surface area contributed by atoms with Crippen molar-refractivity contribution in [1.82, 2.24) is 0 Å². The molecule has 2 heterocycles. The number of nitrogens with two attached hydrogens (primary N) is 1. The summed E-state index contributed by atoms with van der Waals surface area (Å²) in [6.45, 7) is 3.69. The van der Waals surface area contributed by atoms with E-state index in [1.807, 2.05) is 19.9 Å². The van der Waals surface area contributed by atoms with Crippen LogP contribution in [0.3, 0.4) is 0 Å². The highest BCUT2D eigenvalue weighted by atomic mass is 32.2. The molecular formula is C21H20N2O2S2. The van der Waals surface area contributed by atoms with E-state index >= 15 is 0 Å². The van der Waals surface area contributed by atoms with Crippen molar-refractivity contribution >= 4 is 48.1 Å². The molecular weight excluding hydrogens is 376 g/mol. The molecule has 3 aromatic rings. The molecule has 2 aromatic carbocycles. The van der Waals surface area contributed by atoms with Gasteiger partial charge in [0.25, 0.3) is 0 Å². The van der Waals surface area contributed by atoms with E-state index in [1.54, 1.807) is 18.4 Å². The van der Waals surface area contributed by atoms with Gasteiger partial charge in [0.1, 0.15) is 11.6 Å². The largest absolute Gasteiger partial charge is 0.495 e. The first-order valence-corrected chi connectivity index (χ1v) is 10.9. The third-order valence-electron chi connectivity index (χ3n) is 4.90. The van der Waals surface area contributed by atoms with Crippen LogP contribution in [0, 0.1) is 11.8 Å². The molecule has 3 atom stereocenters. The van der Waals surface area contributed by atoms with Crippen molar-refractivity contribution in [3.63, 3.8) is 0 Å². The molecule has 2 N–H and O–H groups in total. The van der Waals surface area contributed by atoms with E-state index in [-0.39, 0.29) is 11.3 Å². The number of hydrogen-bond acceptors (Lipinski definition) is 5. The summed E-state index contributed by atoms with van der Waals surface area (Å²) in [4.78, 5) is 4.59. The Morgan fingerprint density at radius 2 is 2.04 bits per heavy atom. The van der Waals surface area contributed by atoms with E-state index in [2.05, 4.69) is 41.1 Å². The van der Waals surface area contributed by atoms with Crippen LogP contribution in [-0.2, 0) is 10.8 Å². The van der Waals surface area contributed by atoms with Crippen molar-refractivity contribution in [2.75, 3.05) is 12.9 Å². The second-order valence-corrected chi connectivity index (χ2v) is 9.43. The molecule has 0 spiro atoms. The maximum atomic E-state index is 12.3. The number of rotatable bonds is 2. The van der Waals surface area contributed by atoms with Crippen molar-refractivity contribution in [1.29, 1.82) is 0 Å². The average Bonchev–Trinajstić information content (AvgIpc) is 3.02. The molecule has 6 heteroatoms. The molecule has 0 saturated carbocycles. The molecule has 0 aliphatic carbocycles. The highest BCUT2D eigenvalue weighted by molar-refractivity contribution is 7.86. The van der Waals surface area contributed by atoms with Gasteiger partial charge in [0, 0.05) is 31.0 Å². The SMILES string of the molecule is CC#Cc1cc2c(cc1OC)sc1ccc(C3CS(=O)C(C)C(N)=N3)cc12. The lowest BCUT2D eigenvalue weighted by Crippen LogP contribution is -2.37. The Kier molecular flexibility index (Phi) is 4.67. The summed E-state index contributed by atoms with van der Waals surface area (Å²) in [5.74, 6) is 7.84. The van der Waals surface area contributed by atoms with E-state index in [1.165, 1.54) is 4.70 Å². The Bertz CT molecular complexity index is 1170. The highest BCUT2D eigenvalue weighted by Crippen LogP contribution is 2.39. The molecule has 1 aliphatic heterocycles. The zero-order valence-corrected chi connectivity index (χ0v) is 17.0. The van der Waals surface area contributed by atoms with Gasteiger partial charge in [-0.05, 0) is 43.7 Å². The van der Waals surface area contributed by atoms with Crippen LogP contribution in [0.1, 0.15) is 31.0 Å². The smallest absolute Gasteiger partial charge is 0.135 e. The summed E-state index contributed by atoms with van der Waals surface area (Å²) in [6.07, 6.45) is 0. The van der Waals surface area contributed by atoms with Gasteiger partial charge in [0.2, 0.25) is 0 Å². The van der Waals surface area contributed by atoms with Crippen LogP contribution in [0.25, 0.3) is 20.2 Å². The first-order chi connectivity index (χ1) is 13.0. The van der Waals surface area contributed by atoms with Gasteiger partial charge in [-0.3, -0.25) is 9.20 Å². The predicted octanol–water partition coefficient (Wildman–Crippen LogP) is 3.98. The Balaban J connectivity index is 1.88. The number of thiophene rings is 1. The molecule has 27 heavy (non-hydrogen) atoms. The van der Waals surface area contributed by atoms with Gasteiger partial charge in [-0.25, -0.2) is 0 Å². The van der Waals surface area contributed by atoms with Crippen LogP contribution in [0.2, 0.25) is 0 Å². The zero-order valence-electron chi connectivity index (χ0n) is 15.4. The number of hydrogen-bond donors (Lipinski definition) is 1. The van der Waals surface area contributed by atoms with Gasteiger partial charge in [0.15, 0.2) is 0 Å². The molecule has 3 unspecified atom stereocenters. The lowest BCUT2D eigenvalue weighted by Gasteiger charge is -2.23. The zero-order chi connectivity index (χ0) is 19.1. The number of benzene rings is 2. The maximum absolute atomic E-state index is 12.3. The lowest BCUT2D eigenvalue weighted by molar-refractivity contribution is 0.414. The molecule has 0 saturated heterocycles. The van der Waals surface area contributed by atoms with Crippen molar-refractivity contribution in [3.8, 4) is 17.6 Å². The number of nitrogens with zero attached hydrogens (tertiary/aromatic N) is 1. The van der Waals surface area contributed by atoms with Gasteiger partial charge in [0.05, 0.1) is 29.7 Å². The van der Waals surface area contributed by atoms with Crippen LogP contribution in [0.4, 0.5) is 0 Å². The second kappa shape index (κ2) is 6.99. The normalized spacial score (nSPS) is 22.3. The first-order valence-electron chi connectivity index (χ1n) is 8.69. The summed E-state index contributed by atoms with van der Waals surface area (Å²) < 4.78 is 20.2. The summed E-state index contributed by atoms with van der Waals surface area (Å²) in [6, 6.07) is 10.3. The van der Waals surface area contributed by atoms with Gasteiger partial charge in [-0.15, -0.1) is 17.3 Å². The topological polar surface area (TPSA) is 64.7 Å². The van der Waals surface area contributed by atoms with Gasteiger partial charge < -0.3 is 10.5 Å². The predicted molar refractivity (Wildman–Crippen MR) is 115 cm³/mol. The summed E-state index contributed by atoms with van der Waals surface area (Å²) in [5, 5.41) is 2.14. The van der Waals surface area contributed by atoms with Gasteiger partial charge in [-0.2, -0.15) is 0 Å². The number of aliphatic imine (C=N–C) groups is 1. The molecule has 1 aromatic heterocycles. The van der Waals surface area contributed by atoms with Crippen molar-refractivity contribution in [2.45, 2.75) is 25.1 Å². The number of ether oxygens (including phenoxy) is 1. The summed E-state index contributed by atoms with van der Waals surface area (Å²) in [5.41, 5.74) is 7.92. The second-order valence-electron chi connectivity index (χ2n) is 6.54. The minimum absolute atomic E-state index is 0.158. The van der Waals surface area contributed by atoms with E-state index in [9.17, 15) is 4.21 Å². The monoisotopic (exact) mass is 396 g/mol. The summed E-state index contributed by atoms with van der Waals surface area (Å²) >= 11 is 1.73. The van der Waals surface area contributed by atoms with Crippen LogP contribution in [0.5, 0.6) is 5.75 Å². The third kappa shape index (κ3) is 3.11. The van der Waals surface area contributed by atoms with Crippen molar-refractivity contribution in [2.24, 2.45) is 10.7 Å². The quantitative estimate of drug-likeness (QED) is 0.666. The lowest BCUT2D eigenvalue weighted by atomic mass is 10.0. The molecule has 1 aliphatic rings. The van der Waals surface area contributed by atoms with Gasteiger partial charge in [-0.1, -0.05) is 12.0 Å². The molecule has 4 rings (SSSR count). The Morgan fingerprint density at radius 3 is 2.74 bits per heavy atom. The third-order valence-corrected chi connectivity index (χ3v) is 7.71. The van der Waals surface area contributed by atoms with Crippen LogP contribution in [0.15, 0.2) is 35.3 Å². The first kappa shape index (κ1) is 18.0. The minimum Gasteiger partial charge on any atom is -0.495 e. The molecule has 0 bridgehead atoms. The van der Waals surface area contributed by atoms with E-state index in [0.29, 0.717) is 11.6 Å². The Labute approximate surface area is 164 Å². The fourth-order valence-electron chi connectivity index (χ4n) is 3.36. The number of fused-ring (bicyclic) bond motifs is 3. The molecule has 138 valence electrons. The minimum atomic E-state index is -0.996. The van der Waals surface area contributed by atoms with Gasteiger partial charge >= 0.3 is 0 Å². The number of amidine groups is 1. The van der Waals surface area contributed by atoms with E-state index in [0.717, 1.165) is 32.3 Å². The standard InChI is InChI=1S/C21H20N2O2S2/c1-4-5-14-9-16-15-8-13(17-11-27(24)12(2)21(22)23-17)6-7-19(15)26-20(16)10-18(14)25-3/h6-10,12,17H,11H2,1-3H3,(H2,22,23). The molecule has 0 amide bonds. The van der Waals surface area contributed by atoms with E-state index in [4.69, 9.17) is 10.5 Å². The van der Waals surface area contributed by atoms with Crippen LogP contribution >= 0.6 is 11.3 Å². The Morgan fingerprint density at radius 1 is 1.26 bits per heavy atom. The van der Waals surface area contributed by atoms with Crippen molar-refractivity contribution < 1.29 is 8.95 Å². The van der Waals surface area contributed by atoms with Crippen LogP contribution < -0.4 is 10.5 Å². The average molecular weight is 397 g/mol. The molecule has 0 fully saturated rings. The van der Waals surface area contributed by atoms with Crippen LogP contribution in [-0.4, -0.2) is 28.2 Å². The Hall–Kier alpha value is -2.36. The fraction of sp³-hybridized carbons (Fsp3) is 0.286. The number of methoxy groups -OCH3 is 1. The van der Waals surface area contributed by atoms with Crippen molar-refractivity contribution in [3.05, 3.63) is 41.5 Å². The fourth-order valence-corrected chi connectivity index (χ4v) is 5.65. The molecule has 0 radical (unpaired) electrons. The van der Waals surface area contributed by atoms with E-state index < -0.39 is 10.8 Å². The summed E-state index contributed by atoms with van der Waals surface area (Å²) in [7, 11) is 0.671. The molecule has 4 nitrogen and oxygen atoms in total.